The molecule has 0 fully saturated rings. The molecule has 0 bridgehead atoms. The van der Waals surface area contributed by atoms with Gasteiger partial charge in [-0.05, 0) is 37.2 Å². The molecule has 0 aromatic heterocycles. The zero-order valence-corrected chi connectivity index (χ0v) is 9.24. The topological polar surface area (TPSA) is 61.7 Å². The van der Waals surface area contributed by atoms with Gasteiger partial charge in [0.15, 0.2) is 11.5 Å². The van der Waals surface area contributed by atoms with Gasteiger partial charge in [0.25, 0.3) is 0 Å². The summed E-state index contributed by atoms with van der Waals surface area (Å²) in [6, 6.07) is 3.33. The molecule has 1 atom stereocenters. The van der Waals surface area contributed by atoms with Gasteiger partial charge in [-0.3, -0.25) is 0 Å². The highest BCUT2D eigenvalue weighted by Crippen LogP contribution is 2.32. The number of rotatable bonds is 4. The molecule has 4 heteroatoms. The third-order valence-corrected chi connectivity index (χ3v) is 2.26. The lowest BCUT2D eigenvalue weighted by molar-refractivity contribution is 0.177. The SMILES string of the molecule is CNCC(O)c1cc(C)c(OC)c(O)c1. The molecule has 1 aromatic carbocycles. The van der Waals surface area contributed by atoms with Gasteiger partial charge in [-0.15, -0.1) is 0 Å². The van der Waals surface area contributed by atoms with E-state index in [4.69, 9.17) is 4.74 Å². The summed E-state index contributed by atoms with van der Waals surface area (Å²) in [6.07, 6.45) is -0.620. The van der Waals surface area contributed by atoms with Gasteiger partial charge in [0.2, 0.25) is 0 Å². The van der Waals surface area contributed by atoms with Crippen LogP contribution in [-0.4, -0.2) is 30.9 Å². The standard InChI is InChI=1S/C11H17NO3/c1-7-4-8(10(14)6-12-2)5-9(13)11(7)15-3/h4-5,10,12-14H,6H2,1-3H3. The Hall–Kier alpha value is -1.26. The number of hydrogen-bond donors (Lipinski definition) is 3. The highest BCUT2D eigenvalue weighted by atomic mass is 16.5. The van der Waals surface area contributed by atoms with Crippen molar-refractivity contribution < 1.29 is 14.9 Å². The number of benzene rings is 1. The number of aliphatic hydroxyl groups is 1. The number of aromatic hydroxyl groups is 1. The summed E-state index contributed by atoms with van der Waals surface area (Å²) in [7, 11) is 3.27. The van der Waals surface area contributed by atoms with E-state index in [-0.39, 0.29) is 5.75 Å². The molecule has 0 spiro atoms. The Morgan fingerprint density at radius 2 is 2.13 bits per heavy atom. The highest BCUT2D eigenvalue weighted by Gasteiger charge is 2.12. The van der Waals surface area contributed by atoms with Gasteiger partial charge in [-0.1, -0.05) is 0 Å². The number of phenols is 1. The third kappa shape index (κ3) is 2.61. The van der Waals surface area contributed by atoms with Gasteiger partial charge >= 0.3 is 0 Å². The molecule has 0 aliphatic heterocycles. The minimum atomic E-state index is -0.620. The lowest BCUT2D eigenvalue weighted by atomic mass is 10.0. The summed E-state index contributed by atoms with van der Waals surface area (Å²) >= 11 is 0. The van der Waals surface area contributed by atoms with Crippen LogP contribution in [0.25, 0.3) is 0 Å². The van der Waals surface area contributed by atoms with Gasteiger partial charge in [-0.25, -0.2) is 0 Å². The van der Waals surface area contributed by atoms with Gasteiger partial charge in [-0.2, -0.15) is 0 Å². The van der Waals surface area contributed by atoms with Crippen molar-refractivity contribution in [1.82, 2.24) is 5.32 Å². The van der Waals surface area contributed by atoms with Crippen molar-refractivity contribution in [2.24, 2.45) is 0 Å². The molecule has 0 saturated heterocycles. The fourth-order valence-electron chi connectivity index (χ4n) is 1.55. The van der Waals surface area contributed by atoms with Crippen molar-refractivity contribution in [3.8, 4) is 11.5 Å². The van der Waals surface area contributed by atoms with Crippen molar-refractivity contribution >= 4 is 0 Å². The lowest BCUT2D eigenvalue weighted by Gasteiger charge is -2.14. The summed E-state index contributed by atoms with van der Waals surface area (Å²) in [5, 5.41) is 22.2. The van der Waals surface area contributed by atoms with E-state index in [0.717, 1.165) is 5.56 Å². The maximum Gasteiger partial charge on any atom is 0.163 e. The normalized spacial score (nSPS) is 12.5. The van der Waals surface area contributed by atoms with Gasteiger partial charge in [0.1, 0.15) is 0 Å². The van der Waals surface area contributed by atoms with Crippen molar-refractivity contribution in [1.29, 1.82) is 0 Å². The Bertz CT molecular complexity index is 316. The van der Waals surface area contributed by atoms with E-state index in [1.165, 1.54) is 13.2 Å². The smallest absolute Gasteiger partial charge is 0.163 e. The Morgan fingerprint density at radius 3 is 2.60 bits per heavy atom. The van der Waals surface area contributed by atoms with Crippen LogP contribution < -0.4 is 10.1 Å². The van der Waals surface area contributed by atoms with E-state index in [1.807, 2.05) is 6.92 Å². The average molecular weight is 211 g/mol. The highest BCUT2D eigenvalue weighted by molar-refractivity contribution is 5.48. The zero-order chi connectivity index (χ0) is 11.4. The van der Waals surface area contributed by atoms with Gasteiger partial charge < -0.3 is 20.3 Å². The number of aryl methyl sites for hydroxylation is 1. The second-order valence-electron chi connectivity index (χ2n) is 3.46. The third-order valence-electron chi connectivity index (χ3n) is 2.26. The lowest BCUT2D eigenvalue weighted by Crippen LogP contribution is -2.16. The fourth-order valence-corrected chi connectivity index (χ4v) is 1.55. The number of hydrogen-bond acceptors (Lipinski definition) is 4. The molecule has 15 heavy (non-hydrogen) atoms. The first-order valence-electron chi connectivity index (χ1n) is 4.80. The van der Waals surface area contributed by atoms with E-state index < -0.39 is 6.10 Å². The molecule has 1 aromatic rings. The molecular formula is C11H17NO3. The van der Waals surface area contributed by atoms with Crippen molar-refractivity contribution in [2.75, 3.05) is 20.7 Å². The minimum absolute atomic E-state index is 0.0580. The first kappa shape index (κ1) is 11.8. The van der Waals surface area contributed by atoms with Gasteiger partial charge in [0, 0.05) is 6.54 Å². The molecule has 0 aliphatic rings. The Balaban J connectivity index is 3.02. The summed E-state index contributed by atoms with van der Waals surface area (Å²) in [5.41, 5.74) is 1.49. The van der Waals surface area contributed by atoms with E-state index in [9.17, 15) is 10.2 Å². The van der Waals surface area contributed by atoms with Crippen LogP contribution in [0.4, 0.5) is 0 Å². The Morgan fingerprint density at radius 1 is 1.47 bits per heavy atom. The number of likely N-dealkylation sites (N-methyl/N-ethyl adjacent to an activating group) is 1. The zero-order valence-electron chi connectivity index (χ0n) is 9.24. The van der Waals surface area contributed by atoms with Crippen LogP contribution in [0.5, 0.6) is 11.5 Å². The van der Waals surface area contributed by atoms with Crippen LogP contribution in [0.1, 0.15) is 17.2 Å². The van der Waals surface area contributed by atoms with Crippen LogP contribution in [-0.2, 0) is 0 Å². The molecule has 0 aliphatic carbocycles. The fraction of sp³-hybridized carbons (Fsp3) is 0.455. The second kappa shape index (κ2) is 5.00. The van der Waals surface area contributed by atoms with E-state index in [2.05, 4.69) is 5.32 Å². The number of aliphatic hydroxyl groups excluding tert-OH is 1. The molecule has 1 unspecified atom stereocenters. The molecule has 3 N–H and O–H groups in total. The average Bonchev–Trinajstić information content (AvgIpc) is 2.17. The molecule has 1 rings (SSSR count). The molecule has 4 nitrogen and oxygen atoms in total. The summed E-state index contributed by atoms with van der Waals surface area (Å²) in [6.45, 7) is 2.28. The van der Waals surface area contributed by atoms with Crippen LogP contribution >= 0.6 is 0 Å². The van der Waals surface area contributed by atoms with E-state index in [0.29, 0.717) is 17.9 Å². The number of nitrogens with one attached hydrogen (secondary N) is 1. The predicted octanol–water partition coefficient (Wildman–Crippen LogP) is 0.962. The number of ether oxygens (including phenoxy) is 1. The largest absolute Gasteiger partial charge is 0.504 e. The molecule has 0 heterocycles. The van der Waals surface area contributed by atoms with Crippen molar-refractivity contribution in [3.63, 3.8) is 0 Å². The first-order valence-corrected chi connectivity index (χ1v) is 4.80. The maximum atomic E-state index is 9.72. The quantitative estimate of drug-likeness (QED) is 0.694. The van der Waals surface area contributed by atoms with Crippen molar-refractivity contribution in [2.45, 2.75) is 13.0 Å². The number of phenolic OH excluding ortho intramolecular Hbond substituents is 1. The molecule has 0 saturated carbocycles. The molecule has 0 amide bonds. The summed E-state index contributed by atoms with van der Waals surface area (Å²) < 4.78 is 5.02. The number of methoxy groups -OCH3 is 1. The monoisotopic (exact) mass is 211 g/mol. The summed E-state index contributed by atoms with van der Waals surface area (Å²) in [5.74, 6) is 0.512. The van der Waals surface area contributed by atoms with Crippen molar-refractivity contribution in [3.05, 3.63) is 23.3 Å². The Kier molecular flexibility index (Phi) is 3.94. The molecule has 0 radical (unpaired) electrons. The van der Waals surface area contributed by atoms with Crippen LogP contribution in [0.3, 0.4) is 0 Å². The predicted molar refractivity (Wildman–Crippen MR) is 58.3 cm³/mol. The second-order valence-corrected chi connectivity index (χ2v) is 3.46. The maximum absolute atomic E-state index is 9.72. The van der Waals surface area contributed by atoms with Crippen LogP contribution in [0.15, 0.2) is 12.1 Å². The summed E-state index contributed by atoms with van der Waals surface area (Å²) in [4.78, 5) is 0. The Labute approximate surface area is 89.5 Å². The molecule has 84 valence electrons. The van der Waals surface area contributed by atoms with Gasteiger partial charge in [0.05, 0.1) is 13.2 Å². The first-order chi connectivity index (χ1) is 7.10. The van der Waals surface area contributed by atoms with Crippen LogP contribution in [0.2, 0.25) is 0 Å². The van der Waals surface area contributed by atoms with E-state index >= 15 is 0 Å². The molecular weight excluding hydrogens is 194 g/mol. The van der Waals surface area contributed by atoms with Crippen LogP contribution in [0, 0.1) is 6.92 Å². The minimum Gasteiger partial charge on any atom is -0.504 e. The van der Waals surface area contributed by atoms with E-state index in [1.54, 1.807) is 13.1 Å².